The van der Waals surface area contributed by atoms with Crippen molar-refractivity contribution in [2.75, 3.05) is 16.8 Å². The molecular formula is C26H24ClN3O3S. The third-order valence-electron chi connectivity index (χ3n) is 5.46. The van der Waals surface area contributed by atoms with Crippen LogP contribution in [-0.2, 0) is 16.1 Å². The van der Waals surface area contributed by atoms with Crippen molar-refractivity contribution in [1.82, 2.24) is 4.90 Å². The Morgan fingerprint density at radius 2 is 1.71 bits per heavy atom. The van der Waals surface area contributed by atoms with E-state index in [2.05, 4.69) is 5.32 Å². The number of rotatable bonds is 8. The average Bonchev–Trinajstić information content (AvgIpc) is 3.06. The van der Waals surface area contributed by atoms with Gasteiger partial charge in [0.05, 0.1) is 18.7 Å². The molecular weight excluding hydrogens is 470 g/mol. The number of halogens is 1. The molecule has 1 fully saturated rings. The highest BCUT2D eigenvalue weighted by Gasteiger charge is 2.44. The smallest absolute Gasteiger partial charge is 0.256 e. The fourth-order valence-electron chi connectivity index (χ4n) is 3.83. The molecule has 1 atom stereocenters. The second-order valence-corrected chi connectivity index (χ2v) is 8.51. The molecule has 0 spiro atoms. The predicted octanol–water partition coefficient (Wildman–Crippen LogP) is 5.27. The summed E-state index contributed by atoms with van der Waals surface area (Å²) in [6.07, 6.45) is -0.0556. The average molecular weight is 494 g/mol. The highest BCUT2D eigenvalue weighted by atomic mass is 35.5. The first kappa shape index (κ1) is 23.7. The van der Waals surface area contributed by atoms with E-state index in [9.17, 15) is 9.59 Å². The van der Waals surface area contributed by atoms with Crippen molar-refractivity contribution in [3.8, 4) is 5.75 Å². The van der Waals surface area contributed by atoms with Crippen molar-refractivity contribution >= 4 is 52.1 Å². The minimum Gasteiger partial charge on any atom is -0.494 e. The standard InChI is InChI=1S/C26H24ClN3O3S/c1-2-33-21-14-12-19(13-15-21)28-24(31)16-23-25(32)30(20-9-4-3-5-10-20)26(34)29(23)17-18-8-6-7-11-22(18)27/h3-15,23H,2,16-17H2,1H3,(H,28,31)/t23-/m1/s1. The van der Waals surface area contributed by atoms with Gasteiger partial charge in [-0.05, 0) is 67.2 Å². The molecule has 8 heteroatoms. The lowest BCUT2D eigenvalue weighted by atomic mass is 10.1. The number of hydrogen-bond donors (Lipinski definition) is 1. The van der Waals surface area contributed by atoms with Crippen molar-refractivity contribution in [2.24, 2.45) is 0 Å². The van der Waals surface area contributed by atoms with Crippen LogP contribution >= 0.6 is 23.8 Å². The molecule has 1 heterocycles. The van der Waals surface area contributed by atoms with Crippen molar-refractivity contribution < 1.29 is 14.3 Å². The Morgan fingerprint density at radius 3 is 2.38 bits per heavy atom. The van der Waals surface area contributed by atoms with Crippen molar-refractivity contribution in [3.63, 3.8) is 0 Å². The van der Waals surface area contributed by atoms with Crippen LogP contribution < -0.4 is 15.0 Å². The number of nitrogens with one attached hydrogen (secondary N) is 1. The maximum Gasteiger partial charge on any atom is 0.256 e. The summed E-state index contributed by atoms with van der Waals surface area (Å²) < 4.78 is 5.44. The molecule has 1 aliphatic heterocycles. The summed E-state index contributed by atoms with van der Waals surface area (Å²) in [5.41, 5.74) is 2.11. The number of carbonyl (C=O) groups excluding carboxylic acids is 2. The summed E-state index contributed by atoms with van der Waals surface area (Å²) in [7, 11) is 0. The summed E-state index contributed by atoms with van der Waals surface area (Å²) >= 11 is 12.1. The molecule has 0 saturated carbocycles. The molecule has 174 valence electrons. The van der Waals surface area contributed by atoms with Crippen LogP contribution in [0.1, 0.15) is 18.9 Å². The molecule has 1 N–H and O–H groups in total. The number of carbonyl (C=O) groups is 2. The SMILES string of the molecule is CCOc1ccc(NC(=O)C[C@@H]2C(=O)N(c3ccccc3)C(=S)N2Cc2ccccc2Cl)cc1. The number of thiocarbonyl (C=S) groups is 1. The van der Waals surface area contributed by atoms with Crippen LogP contribution in [0.5, 0.6) is 5.75 Å². The highest BCUT2D eigenvalue weighted by Crippen LogP contribution is 2.30. The molecule has 4 rings (SSSR count). The lowest BCUT2D eigenvalue weighted by molar-refractivity contribution is -0.124. The second kappa shape index (κ2) is 10.7. The minimum atomic E-state index is -0.758. The summed E-state index contributed by atoms with van der Waals surface area (Å²) in [6.45, 7) is 2.79. The van der Waals surface area contributed by atoms with E-state index in [0.29, 0.717) is 34.7 Å². The van der Waals surface area contributed by atoms with E-state index in [1.807, 2.05) is 55.5 Å². The quantitative estimate of drug-likeness (QED) is 0.433. The maximum absolute atomic E-state index is 13.5. The number of amides is 2. The number of ether oxygens (including phenoxy) is 1. The van der Waals surface area contributed by atoms with Crippen LogP contribution in [0.2, 0.25) is 5.02 Å². The third-order valence-corrected chi connectivity index (χ3v) is 6.25. The van der Waals surface area contributed by atoms with Gasteiger partial charge in [0, 0.05) is 17.3 Å². The van der Waals surface area contributed by atoms with Gasteiger partial charge in [0.1, 0.15) is 11.8 Å². The molecule has 0 aromatic heterocycles. The number of para-hydroxylation sites is 1. The Labute approximate surface area is 209 Å². The van der Waals surface area contributed by atoms with E-state index < -0.39 is 6.04 Å². The first-order valence-electron chi connectivity index (χ1n) is 10.9. The predicted molar refractivity (Wildman–Crippen MR) is 138 cm³/mol. The summed E-state index contributed by atoms with van der Waals surface area (Å²) in [6, 6.07) is 22.9. The largest absolute Gasteiger partial charge is 0.494 e. The van der Waals surface area contributed by atoms with E-state index in [-0.39, 0.29) is 18.2 Å². The van der Waals surface area contributed by atoms with Gasteiger partial charge in [-0.25, -0.2) is 0 Å². The van der Waals surface area contributed by atoms with E-state index in [1.54, 1.807) is 35.2 Å². The number of benzene rings is 3. The molecule has 1 aliphatic rings. The zero-order valence-corrected chi connectivity index (χ0v) is 20.2. The normalized spacial score (nSPS) is 15.5. The van der Waals surface area contributed by atoms with Gasteiger partial charge in [0.15, 0.2) is 5.11 Å². The van der Waals surface area contributed by atoms with Gasteiger partial charge in [0.2, 0.25) is 5.91 Å². The van der Waals surface area contributed by atoms with Gasteiger partial charge >= 0.3 is 0 Å². The Hall–Kier alpha value is -3.42. The third kappa shape index (κ3) is 5.21. The lowest BCUT2D eigenvalue weighted by Gasteiger charge is -2.24. The molecule has 0 unspecified atom stereocenters. The van der Waals surface area contributed by atoms with Crippen molar-refractivity contribution in [3.05, 3.63) is 89.4 Å². The highest BCUT2D eigenvalue weighted by molar-refractivity contribution is 7.80. The Balaban J connectivity index is 1.56. The van der Waals surface area contributed by atoms with Crippen LogP contribution in [0.15, 0.2) is 78.9 Å². The molecule has 0 aliphatic carbocycles. The second-order valence-electron chi connectivity index (χ2n) is 7.74. The van der Waals surface area contributed by atoms with E-state index in [0.717, 1.165) is 11.3 Å². The number of anilines is 2. The van der Waals surface area contributed by atoms with E-state index >= 15 is 0 Å². The summed E-state index contributed by atoms with van der Waals surface area (Å²) in [5.74, 6) is 0.190. The monoisotopic (exact) mass is 493 g/mol. The molecule has 34 heavy (non-hydrogen) atoms. The molecule has 1 saturated heterocycles. The van der Waals surface area contributed by atoms with E-state index in [4.69, 9.17) is 28.6 Å². The summed E-state index contributed by atoms with van der Waals surface area (Å²) in [5, 5.41) is 3.78. The summed E-state index contributed by atoms with van der Waals surface area (Å²) in [4.78, 5) is 29.7. The zero-order valence-electron chi connectivity index (χ0n) is 18.6. The number of hydrogen-bond acceptors (Lipinski definition) is 4. The lowest BCUT2D eigenvalue weighted by Crippen LogP contribution is -2.37. The van der Waals surface area contributed by atoms with Gasteiger partial charge in [-0.1, -0.05) is 48.0 Å². The van der Waals surface area contributed by atoms with Crippen molar-refractivity contribution in [1.29, 1.82) is 0 Å². The van der Waals surface area contributed by atoms with Gasteiger partial charge < -0.3 is 15.0 Å². The Kier molecular flexibility index (Phi) is 7.45. The first-order valence-corrected chi connectivity index (χ1v) is 11.7. The van der Waals surface area contributed by atoms with Gasteiger partial charge in [-0.3, -0.25) is 14.5 Å². The Morgan fingerprint density at radius 1 is 1.03 bits per heavy atom. The topological polar surface area (TPSA) is 61.9 Å². The first-order chi connectivity index (χ1) is 16.5. The maximum atomic E-state index is 13.5. The molecule has 6 nitrogen and oxygen atoms in total. The Bertz CT molecular complexity index is 1190. The fourth-order valence-corrected chi connectivity index (χ4v) is 4.41. The molecule has 2 amide bonds. The van der Waals surface area contributed by atoms with Crippen LogP contribution in [0, 0.1) is 0 Å². The molecule has 0 bridgehead atoms. The zero-order chi connectivity index (χ0) is 24.1. The van der Waals surface area contributed by atoms with Crippen LogP contribution in [0.3, 0.4) is 0 Å². The minimum absolute atomic E-state index is 0.0556. The molecule has 0 radical (unpaired) electrons. The van der Waals surface area contributed by atoms with Crippen molar-refractivity contribution in [2.45, 2.75) is 25.9 Å². The van der Waals surface area contributed by atoms with E-state index in [1.165, 1.54) is 4.90 Å². The van der Waals surface area contributed by atoms with Crippen LogP contribution in [0.25, 0.3) is 0 Å². The van der Waals surface area contributed by atoms with Crippen LogP contribution in [0.4, 0.5) is 11.4 Å². The number of nitrogens with zero attached hydrogens (tertiary/aromatic N) is 2. The fraction of sp³-hybridized carbons (Fsp3) is 0.192. The van der Waals surface area contributed by atoms with Gasteiger partial charge in [-0.2, -0.15) is 0 Å². The molecule has 3 aromatic rings. The molecule has 3 aromatic carbocycles. The van der Waals surface area contributed by atoms with Gasteiger partial charge in [-0.15, -0.1) is 0 Å². The van der Waals surface area contributed by atoms with Crippen LogP contribution in [-0.4, -0.2) is 34.5 Å². The van der Waals surface area contributed by atoms with Gasteiger partial charge in [0.25, 0.3) is 5.91 Å².